The molecule has 3 atom stereocenters. The summed E-state index contributed by atoms with van der Waals surface area (Å²) in [4.78, 5) is 18.4. The van der Waals surface area contributed by atoms with Crippen LogP contribution in [0.1, 0.15) is 73.3 Å². The van der Waals surface area contributed by atoms with E-state index in [1.165, 1.54) is 13.3 Å². The first-order chi connectivity index (χ1) is 20.8. The van der Waals surface area contributed by atoms with Gasteiger partial charge in [-0.25, -0.2) is 9.37 Å². The van der Waals surface area contributed by atoms with Gasteiger partial charge in [-0.2, -0.15) is 0 Å². The smallest absolute Gasteiger partial charge is 0.306 e. The molecule has 43 heavy (non-hydrogen) atoms. The molecule has 2 unspecified atom stereocenters. The minimum absolute atomic E-state index is 0.00630. The third-order valence-electron chi connectivity index (χ3n) is 9.84. The Balaban J connectivity index is 1.20. The summed E-state index contributed by atoms with van der Waals surface area (Å²) in [7, 11) is 1.54. The van der Waals surface area contributed by atoms with Gasteiger partial charge in [-0.05, 0) is 84.2 Å². The van der Waals surface area contributed by atoms with Crippen molar-refractivity contribution < 1.29 is 28.5 Å². The molecular formula is C35H39FN2O5. The fraction of sp³-hybridized carbons (Fsp3) is 0.486. The second kappa shape index (κ2) is 11.2. The molecule has 2 saturated carbocycles. The Labute approximate surface area is 252 Å². The second-order valence-electron chi connectivity index (χ2n) is 12.9. The number of rotatable bonds is 9. The van der Waals surface area contributed by atoms with Crippen LogP contribution in [0.2, 0.25) is 0 Å². The monoisotopic (exact) mass is 586 g/mol. The van der Waals surface area contributed by atoms with Gasteiger partial charge >= 0.3 is 5.97 Å². The molecule has 0 radical (unpaired) electrons. The molecule has 2 aliphatic heterocycles. The molecule has 1 spiro atoms. The summed E-state index contributed by atoms with van der Waals surface area (Å²) >= 11 is 0. The van der Waals surface area contributed by atoms with Crippen LogP contribution in [-0.2, 0) is 22.5 Å². The normalized spacial score (nSPS) is 22.3. The number of morpholine rings is 1. The molecule has 0 bridgehead atoms. The number of carbonyl (C=O) groups is 1. The number of halogens is 1. The number of nitrogens with zero attached hydrogens (tertiary/aromatic N) is 2. The van der Waals surface area contributed by atoms with Crippen LogP contribution < -0.4 is 9.47 Å². The highest BCUT2D eigenvalue weighted by Crippen LogP contribution is 2.48. The van der Waals surface area contributed by atoms with Gasteiger partial charge in [0.1, 0.15) is 17.7 Å². The number of aromatic nitrogens is 1. The number of hydrogen-bond donors (Lipinski definition) is 1. The van der Waals surface area contributed by atoms with E-state index < -0.39 is 11.9 Å². The summed E-state index contributed by atoms with van der Waals surface area (Å²) in [6.45, 7) is 4.92. The first-order valence-electron chi connectivity index (χ1n) is 15.5. The van der Waals surface area contributed by atoms with Crippen molar-refractivity contribution >= 4 is 5.97 Å². The minimum Gasteiger partial charge on any atom is -0.485 e. The van der Waals surface area contributed by atoms with E-state index in [1.54, 1.807) is 6.07 Å². The lowest BCUT2D eigenvalue weighted by Crippen LogP contribution is -2.43. The molecular weight excluding hydrogens is 547 g/mol. The van der Waals surface area contributed by atoms with Gasteiger partial charge < -0.3 is 19.3 Å². The highest BCUT2D eigenvalue weighted by molar-refractivity contribution is 5.71. The van der Waals surface area contributed by atoms with E-state index in [2.05, 4.69) is 34.1 Å². The van der Waals surface area contributed by atoms with Crippen molar-refractivity contribution in [2.75, 3.05) is 26.8 Å². The number of methoxy groups -OCH3 is 1. The van der Waals surface area contributed by atoms with E-state index in [-0.39, 0.29) is 23.4 Å². The van der Waals surface area contributed by atoms with E-state index in [9.17, 15) is 9.90 Å². The summed E-state index contributed by atoms with van der Waals surface area (Å²) in [5.41, 5.74) is 5.59. The van der Waals surface area contributed by atoms with Crippen molar-refractivity contribution in [3.63, 3.8) is 0 Å². The van der Waals surface area contributed by atoms with E-state index in [0.29, 0.717) is 30.5 Å². The molecule has 2 aromatic carbocycles. The zero-order valence-electron chi connectivity index (χ0n) is 24.9. The summed E-state index contributed by atoms with van der Waals surface area (Å²) in [5.74, 6) is 0.0517. The van der Waals surface area contributed by atoms with Gasteiger partial charge in [-0.1, -0.05) is 37.3 Å². The average Bonchev–Trinajstić information content (AvgIpc) is 3.96. The first-order valence-corrected chi connectivity index (χ1v) is 15.5. The maximum absolute atomic E-state index is 15.2. The van der Waals surface area contributed by atoms with Crippen molar-refractivity contribution in [3.8, 4) is 22.8 Å². The Kier molecular flexibility index (Phi) is 7.38. The van der Waals surface area contributed by atoms with Gasteiger partial charge in [0.05, 0.1) is 31.4 Å². The lowest BCUT2D eigenvalue weighted by molar-refractivity contribution is -0.142. The SMILES string of the molecule is COc1cc(-c2ccc(C3CCc4ccc(C(C5CC5)[C@H](C)C(=O)O)cc4O3)cc2CN2CCOC3(CC3)C2)c(F)cn1. The Hall–Kier alpha value is -3.49. The summed E-state index contributed by atoms with van der Waals surface area (Å²) in [6, 6.07) is 14.2. The van der Waals surface area contributed by atoms with E-state index in [4.69, 9.17) is 14.2 Å². The molecule has 3 aromatic rings. The van der Waals surface area contributed by atoms with Crippen LogP contribution >= 0.6 is 0 Å². The van der Waals surface area contributed by atoms with Crippen LogP contribution in [0.25, 0.3) is 11.1 Å². The molecule has 226 valence electrons. The number of aryl methyl sites for hydroxylation is 1. The maximum atomic E-state index is 15.2. The molecule has 0 amide bonds. The minimum atomic E-state index is -0.753. The van der Waals surface area contributed by atoms with E-state index in [1.807, 2.05) is 19.1 Å². The molecule has 3 fully saturated rings. The van der Waals surface area contributed by atoms with E-state index in [0.717, 1.165) is 85.2 Å². The lowest BCUT2D eigenvalue weighted by Gasteiger charge is -2.34. The second-order valence-corrected chi connectivity index (χ2v) is 12.9. The van der Waals surface area contributed by atoms with Crippen molar-refractivity contribution in [3.05, 3.63) is 76.7 Å². The van der Waals surface area contributed by atoms with Crippen molar-refractivity contribution in [1.82, 2.24) is 9.88 Å². The number of benzene rings is 2. The first kappa shape index (κ1) is 28.3. The zero-order valence-corrected chi connectivity index (χ0v) is 24.9. The number of carboxylic acid groups (broad SMARTS) is 1. The molecule has 1 aromatic heterocycles. The Morgan fingerprint density at radius 1 is 1.16 bits per heavy atom. The van der Waals surface area contributed by atoms with Crippen LogP contribution in [0.15, 0.2) is 48.7 Å². The third-order valence-corrected chi connectivity index (χ3v) is 9.84. The van der Waals surface area contributed by atoms with Crippen LogP contribution in [0.5, 0.6) is 11.6 Å². The summed E-state index contributed by atoms with van der Waals surface area (Å²) in [5, 5.41) is 9.77. The molecule has 1 N–H and O–H groups in total. The topological polar surface area (TPSA) is 81.1 Å². The van der Waals surface area contributed by atoms with Gasteiger partial charge in [0, 0.05) is 31.3 Å². The van der Waals surface area contributed by atoms with Gasteiger partial charge in [-0.15, -0.1) is 0 Å². The number of ether oxygens (including phenoxy) is 3. The largest absolute Gasteiger partial charge is 0.485 e. The van der Waals surface area contributed by atoms with Crippen LogP contribution in [-0.4, -0.2) is 53.4 Å². The third kappa shape index (κ3) is 5.75. The van der Waals surface area contributed by atoms with Crippen LogP contribution in [0, 0.1) is 17.7 Å². The lowest BCUT2D eigenvalue weighted by atomic mass is 9.82. The molecule has 7 nitrogen and oxygen atoms in total. The van der Waals surface area contributed by atoms with Gasteiger partial charge in [-0.3, -0.25) is 9.69 Å². The summed E-state index contributed by atoms with van der Waals surface area (Å²) in [6.07, 6.45) is 7.12. The van der Waals surface area contributed by atoms with E-state index >= 15 is 4.39 Å². The van der Waals surface area contributed by atoms with Gasteiger partial charge in [0.25, 0.3) is 0 Å². The van der Waals surface area contributed by atoms with Crippen LogP contribution in [0.3, 0.4) is 0 Å². The van der Waals surface area contributed by atoms with Crippen LogP contribution in [0.4, 0.5) is 4.39 Å². The Morgan fingerprint density at radius 2 is 2.00 bits per heavy atom. The number of hydrogen-bond acceptors (Lipinski definition) is 6. The molecule has 2 aliphatic carbocycles. The number of pyridine rings is 1. The van der Waals surface area contributed by atoms with Crippen molar-refractivity contribution in [2.24, 2.45) is 11.8 Å². The molecule has 1 saturated heterocycles. The van der Waals surface area contributed by atoms with Gasteiger partial charge in [0.15, 0.2) is 0 Å². The quantitative estimate of drug-likeness (QED) is 0.305. The fourth-order valence-corrected chi connectivity index (χ4v) is 7.09. The predicted octanol–water partition coefficient (Wildman–Crippen LogP) is 6.54. The molecule has 7 rings (SSSR count). The molecule has 3 heterocycles. The molecule has 8 heteroatoms. The fourth-order valence-electron chi connectivity index (χ4n) is 7.09. The van der Waals surface area contributed by atoms with Crippen molar-refractivity contribution in [1.29, 1.82) is 0 Å². The highest BCUT2D eigenvalue weighted by Gasteiger charge is 2.47. The number of carboxylic acids is 1. The molecule has 4 aliphatic rings. The zero-order chi connectivity index (χ0) is 29.7. The van der Waals surface area contributed by atoms with Gasteiger partial charge in [0.2, 0.25) is 5.88 Å². The number of fused-ring (bicyclic) bond motifs is 1. The Bertz CT molecular complexity index is 1530. The summed E-state index contributed by atoms with van der Waals surface area (Å²) < 4.78 is 33.2. The maximum Gasteiger partial charge on any atom is 0.306 e. The van der Waals surface area contributed by atoms with Crippen molar-refractivity contribution in [2.45, 2.75) is 69.6 Å². The standard InChI is InChI=1S/C35H39FN2O5/c1-21(34(39)40)33(23-4-5-23)25-6-3-22-8-10-30(43-31(22)16-25)24-7-9-27(28-17-32(41-2)37-18-29(28)36)26(15-24)19-38-13-14-42-35(20-38)11-12-35/h3,6-7,9,15-18,21,23,30,33H,4-5,8,10-14,19-20H2,1-2H3,(H,39,40)/t21-,30?,33?/m0/s1. The Morgan fingerprint density at radius 3 is 2.74 bits per heavy atom. The highest BCUT2D eigenvalue weighted by atomic mass is 19.1. The number of aliphatic carboxylic acids is 1. The predicted molar refractivity (Wildman–Crippen MR) is 160 cm³/mol. The average molecular weight is 587 g/mol.